The van der Waals surface area contributed by atoms with Gasteiger partial charge in [-0.15, -0.1) is 0 Å². The zero-order valence-electron chi connectivity index (χ0n) is 10.2. The number of hydrogen-bond donors (Lipinski definition) is 1. The van der Waals surface area contributed by atoms with Crippen molar-refractivity contribution in [2.75, 3.05) is 19.6 Å². The average molecular weight is 218 g/mol. The highest BCUT2D eigenvalue weighted by atomic mass is 15.1. The second-order valence-electron chi connectivity index (χ2n) is 4.90. The monoisotopic (exact) mass is 218 g/mol. The Labute approximate surface area is 98.4 Å². The molecule has 0 bridgehead atoms. The normalized spacial score (nSPS) is 18.9. The molecule has 0 amide bonds. The fraction of sp³-hybridized carbons (Fsp3) is 0.571. The van der Waals surface area contributed by atoms with Gasteiger partial charge in [-0.25, -0.2) is 0 Å². The first kappa shape index (κ1) is 11.6. The highest BCUT2D eigenvalue weighted by molar-refractivity contribution is 5.26. The molecule has 1 aromatic carbocycles. The molecule has 0 aromatic heterocycles. The summed E-state index contributed by atoms with van der Waals surface area (Å²) in [5.41, 5.74) is 8.97. The van der Waals surface area contributed by atoms with E-state index >= 15 is 0 Å². The predicted octanol–water partition coefficient (Wildman–Crippen LogP) is 1.96. The van der Waals surface area contributed by atoms with Gasteiger partial charge in [-0.2, -0.15) is 0 Å². The summed E-state index contributed by atoms with van der Waals surface area (Å²) in [7, 11) is 0. The summed E-state index contributed by atoms with van der Waals surface area (Å²) in [6.07, 6.45) is 3.69. The van der Waals surface area contributed by atoms with Gasteiger partial charge in [0.2, 0.25) is 0 Å². The number of benzene rings is 1. The first-order valence-corrected chi connectivity index (χ1v) is 6.28. The van der Waals surface area contributed by atoms with Gasteiger partial charge in [0.15, 0.2) is 0 Å². The van der Waals surface area contributed by atoms with Crippen molar-refractivity contribution in [1.82, 2.24) is 4.90 Å². The Hall–Kier alpha value is -0.860. The second kappa shape index (κ2) is 5.46. The van der Waals surface area contributed by atoms with Crippen LogP contribution in [-0.4, -0.2) is 30.6 Å². The smallest absolute Gasteiger partial charge is 0.0208 e. The predicted molar refractivity (Wildman–Crippen MR) is 68.5 cm³/mol. The van der Waals surface area contributed by atoms with Gasteiger partial charge >= 0.3 is 0 Å². The first-order valence-electron chi connectivity index (χ1n) is 6.28. The molecule has 0 saturated carbocycles. The molecule has 1 fully saturated rings. The molecule has 1 heterocycles. The molecular formula is C14H22N2. The fourth-order valence-electron chi connectivity index (χ4n) is 2.48. The Balaban J connectivity index is 1.86. The molecule has 0 spiro atoms. The van der Waals surface area contributed by atoms with Crippen LogP contribution < -0.4 is 5.73 Å². The molecule has 1 aliphatic rings. The zero-order valence-corrected chi connectivity index (χ0v) is 10.2. The maximum absolute atomic E-state index is 6.21. The minimum Gasteiger partial charge on any atom is -0.326 e. The molecule has 1 aliphatic heterocycles. The molecule has 1 atom stereocenters. The molecule has 2 rings (SSSR count). The van der Waals surface area contributed by atoms with Crippen LogP contribution in [0.25, 0.3) is 0 Å². The summed E-state index contributed by atoms with van der Waals surface area (Å²) in [4.78, 5) is 2.49. The van der Waals surface area contributed by atoms with Gasteiger partial charge in [0, 0.05) is 12.6 Å². The molecule has 88 valence electrons. The molecule has 0 aliphatic carbocycles. The number of likely N-dealkylation sites (tertiary alicyclic amines) is 1. The molecular weight excluding hydrogens is 196 g/mol. The SMILES string of the molecule is Cc1ccccc1CC(N)CN1CCCC1. The maximum Gasteiger partial charge on any atom is 0.0208 e. The second-order valence-corrected chi connectivity index (χ2v) is 4.90. The first-order chi connectivity index (χ1) is 7.75. The van der Waals surface area contributed by atoms with E-state index in [2.05, 4.69) is 36.1 Å². The van der Waals surface area contributed by atoms with Crippen molar-refractivity contribution >= 4 is 0 Å². The molecule has 16 heavy (non-hydrogen) atoms. The lowest BCUT2D eigenvalue weighted by Gasteiger charge is -2.20. The quantitative estimate of drug-likeness (QED) is 0.837. The maximum atomic E-state index is 6.21. The van der Waals surface area contributed by atoms with Crippen LogP contribution in [0.4, 0.5) is 0 Å². The number of hydrogen-bond acceptors (Lipinski definition) is 2. The van der Waals surface area contributed by atoms with Crippen molar-refractivity contribution in [3.63, 3.8) is 0 Å². The summed E-state index contributed by atoms with van der Waals surface area (Å²) >= 11 is 0. The van der Waals surface area contributed by atoms with Crippen molar-refractivity contribution in [3.8, 4) is 0 Å². The molecule has 2 heteroatoms. The van der Waals surface area contributed by atoms with Gasteiger partial charge in [-0.3, -0.25) is 0 Å². The van der Waals surface area contributed by atoms with Gasteiger partial charge in [0.25, 0.3) is 0 Å². The van der Waals surface area contributed by atoms with E-state index in [1.807, 2.05) is 0 Å². The summed E-state index contributed by atoms with van der Waals surface area (Å²) in [5.74, 6) is 0. The van der Waals surface area contributed by atoms with Gasteiger partial charge < -0.3 is 10.6 Å². The van der Waals surface area contributed by atoms with E-state index in [1.54, 1.807) is 0 Å². The average Bonchev–Trinajstić information content (AvgIpc) is 2.74. The van der Waals surface area contributed by atoms with Crippen LogP contribution in [0, 0.1) is 6.92 Å². The van der Waals surface area contributed by atoms with Gasteiger partial charge in [0.05, 0.1) is 0 Å². The van der Waals surface area contributed by atoms with Crippen LogP contribution in [-0.2, 0) is 6.42 Å². The third-order valence-corrected chi connectivity index (χ3v) is 3.43. The summed E-state index contributed by atoms with van der Waals surface area (Å²) in [6.45, 7) is 5.69. The van der Waals surface area contributed by atoms with Crippen molar-refractivity contribution in [1.29, 1.82) is 0 Å². The largest absolute Gasteiger partial charge is 0.326 e. The third-order valence-electron chi connectivity index (χ3n) is 3.43. The van der Waals surface area contributed by atoms with Crippen LogP contribution in [0.2, 0.25) is 0 Å². The zero-order chi connectivity index (χ0) is 11.4. The van der Waals surface area contributed by atoms with E-state index in [1.165, 1.54) is 37.1 Å². The van der Waals surface area contributed by atoms with E-state index < -0.39 is 0 Å². The lowest BCUT2D eigenvalue weighted by atomic mass is 10.0. The van der Waals surface area contributed by atoms with Crippen LogP contribution in [0.3, 0.4) is 0 Å². The number of rotatable bonds is 4. The number of aryl methyl sites for hydroxylation is 1. The topological polar surface area (TPSA) is 29.3 Å². The van der Waals surface area contributed by atoms with E-state index in [-0.39, 0.29) is 6.04 Å². The summed E-state index contributed by atoms with van der Waals surface area (Å²) < 4.78 is 0. The Morgan fingerprint density at radius 1 is 1.25 bits per heavy atom. The third kappa shape index (κ3) is 3.06. The van der Waals surface area contributed by atoms with Gasteiger partial charge in [-0.05, 0) is 50.4 Å². The van der Waals surface area contributed by atoms with Crippen molar-refractivity contribution in [2.45, 2.75) is 32.2 Å². The number of nitrogens with zero attached hydrogens (tertiary/aromatic N) is 1. The Kier molecular flexibility index (Phi) is 3.97. The van der Waals surface area contributed by atoms with Crippen LogP contribution in [0.5, 0.6) is 0 Å². The standard InChI is InChI=1S/C14H22N2/c1-12-6-2-3-7-13(12)10-14(15)11-16-8-4-5-9-16/h2-3,6-7,14H,4-5,8-11,15H2,1H3. The molecule has 1 unspecified atom stereocenters. The van der Waals surface area contributed by atoms with E-state index in [0.717, 1.165) is 13.0 Å². The Morgan fingerprint density at radius 3 is 2.62 bits per heavy atom. The van der Waals surface area contributed by atoms with E-state index in [0.29, 0.717) is 0 Å². The Morgan fingerprint density at radius 2 is 1.94 bits per heavy atom. The lowest BCUT2D eigenvalue weighted by molar-refractivity contribution is 0.313. The van der Waals surface area contributed by atoms with E-state index in [9.17, 15) is 0 Å². The summed E-state index contributed by atoms with van der Waals surface area (Å²) in [6, 6.07) is 8.83. The van der Waals surface area contributed by atoms with Crippen LogP contribution >= 0.6 is 0 Å². The highest BCUT2D eigenvalue weighted by Crippen LogP contribution is 2.12. The van der Waals surface area contributed by atoms with Gasteiger partial charge in [-0.1, -0.05) is 24.3 Å². The van der Waals surface area contributed by atoms with Crippen LogP contribution in [0.15, 0.2) is 24.3 Å². The van der Waals surface area contributed by atoms with E-state index in [4.69, 9.17) is 5.73 Å². The minimum absolute atomic E-state index is 0.277. The molecule has 1 saturated heterocycles. The molecule has 2 nitrogen and oxygen atoms in total. The highest BCUT2D eigenvalue weighted by Gasteiger charge is 2.15. The Bertz CT molecular complexity index is 329. The number of nitrogens with two attached hydrogens (primary N) is 1. The minimum atomic E-state index is 0.277. The van der Waals surface area contributed by atoms with Crippen molar-refractivity contribution < 1.29 is 0 Å². The summed E-state index contributed by atoms with van der Waals surface area (Å²) in [5, 5.41) is 0. The molecule has 2 N–H and O–H groups in total. The van der Waals surface area contributed by atoms with Crippen molar-refractivity contribution in [2.24, 2.45) is 5.73 Å². The lowest BCUT2D eigenvalue weighted by Crippen LogP contribution is -2.37. The van der Waals surface area contributed by atoms with Crippen LogP contribution in [0.1, 0.15) is 24.0 Å². The van der Waals surface area contributed by atoms with Gasteiger partial charge in [0.1, 0.15) is 0 Å². The van der Waals surface area contributed by atoms with Crippen molar-refractivity contribution in [3.05, 3.63) is 35.4 Å². The molecule has 1 aromatic rings. The molecule has 0 radical (unpaired) electrons. The fourth-order valence-corrected chi connectivity index (χ4v) is 2.48.